The lowest BCUT2D eigenvalue weighted by Crippen LogP contribution is -2.29. The fourth-order valence-corrected chi connectivity index (χ4v) is 3.88. The molecule has 0 aliphatic carbocycles. The zero-order chi connectivity index (χ0) is 23.2. The van der Waals surface area contributed by atoms with Crippen LogP contribution in [-0.2, 0) is 6.54 Å². The summed E-state index contributed by atoms with van der Waals surface area (Å²) in [5.74, 6) is 2.35. The van der Waals surface area contributed by atoms with Crippen LogP contribution in [0.3, 0.4) is 0 Å². The van der Waals surface area contributed by atoms with Crippen LogP contribution in [0.4, 0.5) is 0 Å². The van der Waals surface area contributed by atoms with E-state index >= 15 is 0 Å². The van der Waals surface area contributed by atoms with Crippen molar-refractivity contribution in [2.75, 3.05) is 13.7 Å². The molecule has 1 unspecified atom stereocenters. The van der Waals surface area contributed by atoms with E-state index in [1.54, 1.807) is 7.11 Å². The van der Waals surface area contributed by atoms with E-state index in [0.29, 0.717) is 12.2 Å². The highest BCUT2D eigenvalue weighted by atomic mass is 16.5. The van der Waals surface area contributed by atoms with Gasteiger partial charge >= 0.3 is 0 Å². The highest BCUT2D eigenvalue weighted by molar-refractivity contribution is 5.94. The summed E-state index contributed by atoms with van der Waals surface area (Å²) < 4.78 is 13.3. The predicted molar refractivity (Wildman–Crippen MR) is 130 cm³/mol. The van der Waals surface area contributed by atoms with E-state index in [1.807, 2.05) is 80.6 Å². The second kappa shape index (κ2) is 10.2. The fourth-order valence-electron chi connectivity index (χ4n) is 3.88. The number of fused-ring (bicyclic) bond motifs is 1. The van der Waals surface area contributed by atoms with Gasteiger partial charge in [0.2, 0.25) is 0 Å². The zero-order valence-corrected chi connectivity index (χ0v) is 19.2. The summed E-state index contributed by atoms with van der Waals surface area (Å²) in [6.07, 6.45) is 0.804. The third-order valence-corrected chi connectivity index (χ3v) is 5.55. The van der Waals surface area contributed by atoms with Gasteiger partial charge in [0.1, 0.15) is 17.3 Å². The van der Waals surface area contributed by atoms with Gasteiger partial charge in [-0.2, -0.15) is 0 Å². The summed E-state index contributed by atoms with van der Waals surface area (Å²) in [5, 5.41) is 3.10. The van der Waals surface area contributed by atoms with E-state index in [0.717, 1.165) is 46.9 Å². The normalized spacial score (nSPS) is 11.8. The Hall–Kier alpha value is -3.80. The molecule has 1 atom stereocenters. The average molecular weight is 444 g/mol. The van der Waals surface area contributed by atoms with Gasteiger partial charge in [0.25, 0.3) is 5.91 Å². The number of carbonyl (C=O) groups is 1. The van der Waals surface area contributed by atoms with Gasteiger partial charge in [-0.05, 0) is 68.8 Å². The SMILES string of the molecule is COc1ccc(OCCCn2c(C(C)NC(=O)c3cccc(C)c3)nc3ccccc32)cc1. The van der Waals surface area contributed by atoms with Crippen molar-refractivity contribution < 1.29 is 14.3 Å². The first-order valence-corrected chi connectivity index (χ1v) is 11.1. The number of ether oxygens (including phenoxy) is 2. The molecule has 33 heavy (non-hydrogen) atoms. The number of hydrogen-bond donors (Lipinski definition) is 1. The maximum absolute atomic E-state index is 12.8. The van der Waals surface area contributed by atoms with Crippen molar-refractivity contribution >= 4 is 16.9 Å². The summed E-state index contributed by atoms with van der Waals surface area (Å²) in [6.45, 7) is 5.26. The largest absolute Gasteiger partial charge is 0.497 e. The number of aryl methyl sites for hydroxylation is 2. The molecule has 0 saturated heterocycles. The maximum atomic E-state index is 12.8. The van der Waals surface area contributed by atoms with Gasteiger partial charge in [0, 0.05) is 12.1 Å². The van der Waals surface area contributed by atoms with Crippen LogP contribution in [0.5, 0.6) is 11.5 Å². The van der Waals surface area contributed by atoms with Crippen molar-refractivity contribution in [2.45, 2.75) is 32.9 Å². The van der Waals surface area contributed by atoms with Crippen LogP contribution in [0.2, 0.25) is 0 Å². The minimum absolute atomic E-state index is 0.104. The van der Waals surface area contributed by atoms with Crippen LogP contribution in [0, 0.1) is 6.92 Å². The van der Waals surface area contributed by atoms with Crippen LogP contribution >= 0.6 is 0 Å². The topological polar surface area (TPSA) is 65.4 Å². The Kier molecular flexibility index (Phi) is 6.93. The molecule has 1 N–H and O–H groups in total. The molecular formula is C27H29N3O3. The summed E-state index contributed by atoms with van der Waals surface area (Å²) in [7, 11) is 1.65. The van der Waals surface area contributed by atoms with Crippen LogP contribution in [0.15, 0.2) is 72.8 Å². The maximum Gasteiger partial charge on any atom is 0.251 e. The van der Waals surface area contributed by atoms with E-state index in [4.69, 9.17) is 14.5 Å². The number of rotatable bonds is 9. The van der Waals surface area contributed by atoms with Gasteiger partial charge < -0.3 is 19.4 Å². The van der Waals surface area contributed by atoms with Gasteiger partial charge in [-0.15, -0.1) is 0 Å². The summed E-state index contributed by atoms with van der Waals surface area (Å²) in [4.78, 5) is 17.6. The summed E-state index contributed by atoms with van der Waals surface area (Å²) in [6, 6.07) is 23.0. The minimum Gasteiger partial charge on any atom is -0.497 e. The van der Waals surface area contributed by atoms with Crippen molar-refractivity contribution in [3.8, 4) is 11.5 Å². The van der Waals surface area contributed by atoms with Gasteiger partial charge in [0.15, 0.2) is 0 Å². The molecule has 0 saturated carbocycles. The van der Waals surface area contributed by atoms with Gasteiger partial charge in [0.05, 0.1) is 30.8 Å². The number of imidazole rings is 1. The Morgan fingerprint density at radius 1 is 1.03 bits per heavy atom. The molecule has 0 aliphatic rings. The molecule has 1 amide bonds. The minimum atomic E-state index is -0.243. The van der Waals surface area contributed by atoms with Crippen molar-refractivity contribution in [3.63, 3.8) is 0 Å². The van der Waals surface area contributed by atoms with E-state index < -0.39 is 0 Å². The second-order valence-electron chi connectivity index (χ2n) is 8.05. The number of hydrogen-bond acceptors (Lipinski definition) is 4. The van der Waals surface area contributed by atoms with Crippen LogP contribution in [0.25, 0.3) is 11.0 Å². The molecular weight excluding hydrogens is 414 g/mol. The summed E-state index contributed by atoms with van der Waals surface area (Å²) >= 11 is 0. The summed E-state index contributed by atoms with van der Waals surface area (Å²) in [5.41, 5.74) is 3.67. The van der Waals surface area contributed by atoms with Crippen LogP contribution < -0.4 is 14.8 Å². The first-order chi connectivity index (χ1) is 16.0. The standard InChI is InChI=1S/C27H29N3O3/c1-19-8-6-9-21(18-19)27(31)28-20(2)26-29-24-10-4-5-11-25(24)30(26)16-7-17-33-23-14-12-22(32-3)13-15-23/h4-6,8-15,18,20H,7,16-17H2,1-3H3,(H,28,31). The first-order valence-electron chi connectivity index (χ1n) is 11.1. The monoisotopic (exact) mass is 443 g/mol. The molecule has 1 aromatic heterocycles. The molecule has 6 nitrogen and oxygen atoms in total. The lowest BCUT2D eigenvalue weighted by Gasteiger charge is -2.17. The number of aromatic nitrogens is 2. The molecule has 0 bridgehead atoms. The molecule has 3 aromatic carbocycles. The Bertz CT molecular complexity index is 1230. The second-order valence-corrected chi connectivity index (χ2v) is 8.05. The van der Waals surface area contributed by atoms with Gasteiger partial charge in [-0.25, -0.2) is 4.98 Å². The van der Waals surface area contributed by atoms with E-state index in [-0.39, 0.29) is 11.9 Å². The number of methoxy groups -OCH3 is 1. The van der Waals surface area contributed by atoms with Crippen molar-refractivity contribution in [1.29, 1.82) is 0 Å². The van der Waals surface area contributed by atoms with E-state index in [2.05, 4.69) is 16.0 Å². The van der Waals surface area contributed by atoms with E-state index in [9.17, 15) is 4.79 Å². The number of nitrogens with one attached hydrogen (secondary N) is 1. The average Bonchev–Trinajstić information content (AvgIpc) is 3.21. The molecule has 0 spiro atoms. The van der Waals surface area contributed by atoms with Crippen molar-refractivity contribution in [2.24, 2.45) is 0 Å². The Morgan fingerprint density at radius 3 is 2.55 bits per heavy atom. The highest BCUT2D eigenvalue weighted by Gasteiger charge is 2.19. The Morgan fingerprint density at radius 2 is 1.79 bits per heavy atom. The van der Waals surface area contributed by atoms with Gasteiger partial charge in [-0.1, -0.05) is 29.8 Å². The molecule has 0 fully saturated rings. The quantitative estimate of drug-likeness (QED) is 0.356. The molecule has 4 rings (SSSR count). The number of carbonyl (C=O) groups excluding carboxylic acids is 1. The number of nitrogens with zero attached hydrogens (tertiary/aromatic N) is 2. The van der Waals surface area contributed by atoms with Crippen LogP contribution in [0.1, 0.15) is 41.1 Å². The van der Waals surface area contributed by atoms with E-state index in [1.165, 1.54) is 0 Å². The molecule has 6 heteroatoms. The fraction of sp³-hybridized carbons (Fsp3) is 0.259. The third kappa shape index (κ3) is 5.34. The lowest BCUT2D eigenvalue weighted by molar-refractivity contribution is 0.0937. The lowest BCUT2D eigenvalue weighted by atomic mass is 10.1. The molecule has 1 heterocycles. The van der Waals surface area contributed by atoms with Crippen molar-refractivity contribution in [3.05, 3.63) is 89.7 Å². The van der Waals surface area contributed by atoms with Crippen molar-refractivity contribution in [1.82, 2.24) is 14.9 Å². The Labute approximate surface area is 194 Å². The highest BCUT2D eigenvalue weighted by Crippen LogP contribution is 2.22. The molecule has 0 aliphatic heterocycles. The molecule has 4 aromatic rings. The number of benzene rings is 3. The number of amides is 1. The zero-order valence-electron chi connectivity index (χ0n) is 19.2. The van der Waals surface area contributed by atoms with Gasteiger partial charge in [-0.3, -0.25) is 4.79 Å². The Balaban J connectivity index is 1.46. The molecule has 170 valence electrons. The number of para-hydroxylation sites is 2. The molecule has 0 radical (unpaired) electrons. The third-order valence-electron chi connectivity index (χ3n) is 5.55. The predicted octanol–water partition coefficient (Wildman–Crippen LogP) is 5.31. The van der Waals surface area contributed by atoms with Crippen LogP contribution in [-0.4, -0.2) is 29.2 Å². The first kappa shape index (κ1) is 22.4. The smallest absolute Gasteiger partial charge is 0.251 e.